The number of nitrogens with one attached hydrogen (secondary N) is 1. The fourth-order valence-corrected chi connectivity index (χ4v) is 4.29. The van der Waals surface area contributed by atoms with Crippen molar-refractivity contribution in [1.82, 2.24) is 24.1 Å². The first-order valence-electron chi connectivity index (χ1n) is 12.1. The molecule has 188 valence electrons. The molecule has 9 heteroatoms. The highest BCUT2D eigenvalue weighted by Crippen LogP contribution is 2.16. The molecule has 1 N–H and O–H groups in total. The minimum Gasteiger partial charge on any atom is -0.350 e. The maximum Gasteiger partial charge on any atom is 0.352 e. The lowest BCUT2D eigenvalue weighted by Gasteiger charge is -2.13. The van der Waals surface area contributed by atoms with Gasteiger partial charge in [0.2, 0.25) is 5.78 Å². The van der Waals surface area contributed by atoms with Crippen molar-refractivity contribution in [3.8, 4) is 0 Å². The molecule has 4 rings (SSSR count). The SMILES string of the molecule is Cc1ccc(C)c(C(=O)Cn2nc3n(CC(C)C)c(=O)c4ccc(C(=O)NC(C)C)cc4n3c2=O)c1. The third-order valence-electron chi connectivity index (χ3n) is 5.99. The Hall–Kier alpha value is -4.01. The van der Waals surface area contributed by atoms with E-state index < -0.39 is 5.69 Å². The zero-order valence-corrected chi connectivity index (χ0v) is 21.5. The van der Waals surface area contributed by atoms with Gasteiger partial charge in [-0.25, -0.2) is 13.9 Å². The number of Topliss-reactive ketones (excluding diaryl/α,β-unsaturated/α-hetero) is 1. The minimum absolute atomic E-state index is 0.0752. The molecule has 9 nitrogen and oxygen atoms in total. The summed E-state index contributed by atoms with van der Waals surface area (Å²) in [5.74, 6) is -0.309. The Morgan fingerprint density at radius 3 is 2.39 bits per heavy atom. The normalized spacial score (nSPS) is 11.7. The number of carbonyl (C=O) groups excluding carboxylic acids is 2. The van der Waals surface area contributed by atoms with Crippen LogP contribution in [-0.2, 0) is 13.1 Å². The molecular weight excluding hydrogens is 458 g/mol. The lowest BCUT2D eigenvalue weighted by atomic mass is 10.0. The van der Waals surface area contributed by atoms with Gasteiger partial charge < -0.3 is 5.32 Å². The summed E-state index contributed by atoms with van der Waals surface area (Å²) in [6, 6.07) is 10.2. The molecule has 2 aromatic carbocycles. The van der Waals surface area contributed by atoms with E-state index in [9.17, 15) is 19.2 Å². The quantitative estimate of drug-likeness (QED) is 0.402. The number of nitrogens with zero attached hydrogens (tertiary/aromatic N) is 4. The Morgan fingerprint density at radius 2 is 1.72 bits per heavy atom. The highest BCUT2D eigenvalue weighted by Gasteiger charge is 2.21. The van der Waals surface area contributed by atoms with Crippen molar-refractivity contribution in [2.24, 2.45) is 5.92 Å². The third-order valence-corrected chi connectivity index (χ3v) is 5.99. The summed E-state index contributed by atoms with van der Waals surface area (Å²) >= 11 is 0. The van der Waals surface area contributed by atoms with Crippen molar-refractivity contribution in [3.63, 3.8) is 0 Å². The van der Waals surface area contributed by atoms with Crippen LogP contribution in [0.3, 0.4) is 0 Å². The largest absolute Gasteiger partial charge is 0.352 e. The van der Waals surface area contributed by atoms with Crippen LogP contribution in [-0.4, -0.2) is 36.5 Å². The molecule has 0 saturated heterocycles. The van der Waals surface area contributed by atoms with Crippen molar-refractivity contribution in [1.29, 1.82) is 0 Å². The summed E-state index contributed by atoms with van der Waals surface area (Å²) < 4.78 is 3.87. The Morgan fingerprint density at radius 1 is 1.00 bits per heavy atom. The average Bonchev–Trinajstić information content (AvgIpc) is 3.13. The molecule has 0 unspecified atom stereocenters. The molecule has 36 heavy (non-hydrogen) atoms. The fraction of sp³-hybridized carbons (Fsp3) is 0.370. The van der Waals surface area contributed by atoms with Crippen LogP contribution in [0.2, 0.25) is 0 Å². The number of amides is 1. The highest BCUT2D eigenvalue weighted by atomic mass is 16.2. The van der Waals surface area contributed by atoms with Gasteiger partial charge in [-0.1, -0.05) is 31.5 Å². The second kappa shape index (κ2) is 9.56. The Kier molecular flexibility index (Phi) is 6.67. The van der Waals surface area contributed by atoms with Gasteiger partial charge in [-0.2, -0.15) is 0 Å². The number of carbonyl (C=O) groups is 2. The number of fused-ring (bicyclic) bond motifs is 3. The van der Waals surface area contributed by atoms with E-state index in [0.717, 1.165) is 15.8 Å². The number of aromatic nitrogens is 4. The summed E-state index contributed by atoms with van der Waals surface area (Å²) in [5.41, 5.74) is 2.02. The van der Waals surface area contributed by atoms with Crippen LogP contribution in [0.1, 0.15) is 59.5 Å². The van der Waals surface area contributed by atoms with Gasteiger partial charge in [0.25, 0.3) is 11.5 Å². The van der Waals surface area contributed by atoms with Gasteiger partial charge >= 0.3 is 5.69 Å². The number of hydrogen-bond acceptors (Lipinski definition) is 5. The summed E-state index contributed by atoms with van der Waals surface area (Å²) in [6.45, 7) is 11.4. The van der Waals surface area contributed by atoms with E-state index in [1.807, 2.05) is 53.7 Å². The summed E-state index contributed by atoms with van der Waals surface area (Å²) in [7, 11) is 0. The van der Waals surface area contributed by atoms with Gasteiger partial charge in [-0.05, 0) is 63.4 Å². The number of ketones is 1. The zero-order valence-electron chi connectivity index (χ0n) is 21.5. The molecule has 0 saturated carbocycles. The van der Waals surface area contributed by atoms with E-state index in [2.05, 4.69) is 10.4 Å². The van der Waals surface area contributed by atoms with E-state index in [1.165, 1.54) is 15.0 Å². The van der Waals surface area contributed by atoms with Crippen molar-refractivity contribution in [3.05, 3.63) is 79.5 Å². The van der Waals surface area contributed by atoms with Crippen LogP contribution in [0.25, 0.3) is 16.7 Å². The molecule has 2 heterocycles. The molecule has 0 fully saturated rings. The molecule has 0 spiro atoms. The van der Waals surface area contributed by atoms with Gasteiger partial charge in [0.05, 0.1) is 10.9 Å². The van der Waals surface area contributed by atoms with Crippen molar-refractivity contribution >= 4 is 28.4 Å². The first-order valence-corrected chi connectivity index (χ1v) is 12.1. The second-order valence-corrected chi connectivity index (χ2v) is 9.99. The lowest BCUT2D eigenvalue weighted by molar-refractivity contribution is 0.0940. The van der Waals surface area contributed by atoms with E-state index >= 15 is 0 Å². The molecule has 0 bridgehead atoms. The topological polar surface area (TPSA) is 107 Å². The van der Waals surface area contributed by atoms with Crippen LogP contribution in [0.15, 0.2) is 46.0 Å². The first-order chi connectivity index (χ1) is 17.0. The van der Waals surface area contributed by atoms with Crippen molar-refractivity contribution in [2.75, 3.05) is 0 Å². The maximum absolute atomic E-state index is 13.6. The van der Waals surface area contributed by atoms with Gasteiger partial charge in [0.1, 0.15) is 6.54 Å². The summed E-state index contributed by atoms with van der Waals surface area (Å²) in [5, 5.41) is 7.55. The Balaban J connectivity index is 1.94. The number of benzene rings is 2. The molecule has 0 aliphatic heterocycles. The van der Waals surface area contributed by atoms with Crippen LogP contribution in [0, 0.1) is 19.8 Å². The van der Waals surface area contributed by atoms with Crippen LogP contribution >= 0.6 is 0 Å². The first kappa shape index (κ1) is 25.1. The second-order valence-electron chi connectivity index (χ2n) is 9.99. The molecule has 0 aliphatic carbocycles. The molecule has 1 amide bonds. The maximum atomic E-state index is 13.6. The minimum atomic E-state index is -0.549. The van der Waals surface area contributed by atoms with E-state index in [0.29, 0.717) is 23.1 Å². The highest BCUT2D eigenvalue weighted by molar-refractivity contribution is 5.98. The molecule has 0 radical (unpaired) electrons. The van der Waals surface area contributed by atoms with E-state index in [-0.39, 0.29) is 47.0 Å². The molecule has 2 aromatic heterocycles. The monoisotopic (exact) mass is 489 g/mol. The molecular formula is C27H31N5O4. The van der Waals surface area contributed by atoms with Crippen LogP contribution in [0.5, 0.6) is 0 Å². The summed E-state index contributed by atoms with van der Waals surface area (Å²) in [4.78, 5) is 52.7. The average molecular weight is 490 g/mol. The van der Waals surface area contributed by atoms with Crippen LogP contribution in [0.4, 0.5) is 0 Å². The summed E-state index contributed by atoms with van der Waals surface area (Å²) in [6.07, 6.45) is 0. The van der Waals surface area contributed by atoms with Gasteiger partial charge in [0, 0.05) is 23.7 Å². The molecule has 0 atom stereocenters. The fourth-order valence-electron chi connectivity index (χ4n) is 4.29. The van der Waals surface area contributed by atoms with Gasteiger partial charge in [-0.15, -0.1) is 5.10 Å². The number of hydrogen-bond donors (Lipinski definition) is 1. The van der Waals surface area contributed by atoms with E-state index in [1.54, 1.807) is 18.2 Å². The molecule has 0 aliphatic rings. The number of rotatable bonds is 7. The Labute approximate surface area is 208 Å². The Bertz CT molecular complexity index is 1620. The standard InChI is InChI=1S/C27H31N5O4/c1-15(2)13-30-25(35)20-10-9-19(24(34)28-16(3)4)12-22(20)32-26(30)29-31(27(32)36)14-23(33)21-11-17(5)7-8-18(21)6/h7-12,15-16H,13-14H2,1-6H3,(H,28,34). The lowest BCUT2D eigenvalue weighted by Crippen LogP contribution is -2.31. The molecule has 4 aromatic rings. The van der Waals surface area contributed by atoms with Crippen molar-refractivity contribution in [2.45, 2.75) is 60.7 Å². The van der Waals surface area contributed by atoms with Crippen molar-refractivity contribution < 1.29 is 9.59 Å². The third kappa shape index (κ3) is 4.60. The predicted molar refractivity (Wildman–Crippen MR) is 139 cm³/mol. The number of aryl methyl sites for hydroxylation is 2. The zero-order chi connectivity index (χ0) is 26.3. The van der Waals surface area contributed by atoms with Gasteiger partial charge in [-0.3, -0.25) is 19.0 Å². The van der Waals surface area contributed by atoms with E-state index in [4.69, 9.17) is 0 Å². The predicted octanol–water partition coefficient (Wildman–Crippen LogP) is 3.10. The smallest absolute Gasteiger partial charge is 0.350 e. The van der Waals surface area contributed by atoms with Gasteiger partial charge in [0.15, 0.2) is 5.78 Å². The van der Waals surface area contributed by atoms with Crippen LogP contribution < -0.4 is 16.6 Å².